The third-order valence-electron chi connectivity index (χ3n) is 3.07. The van der Waals surface area contributed by atoms with Crippen LogP contribution >= 0.6 is 12.4 Å². The van der Waals surface area contributed by atoms with Gasteiger partial charge in [0, 0.05) is 29.9 Å². The van der Waals surface area contributed by atoms with Crippen LogP contribution in [-0.4, -0.2) is 24.1 Å². The second-order valence-electron chi connectivity index (χ2n) is 4.21. The summed E-state index contributed by atoms with van der Waals surface area (Å²) in [5.74, 6) is 0. The largest absolute Gasteiger partial charge is 0.380 e. The van der Waals surface area contributed by atoms with E-state index in [2.05, 4.69) is 33.8 Å². The fourth-order valence-electron chi connectivity index (χ4n) is 2.23. The maximum atomic E-state index is 4.36. The van der Waals surface area contributed by atoms with E-state index in [0.29, 0.717) is 6.04 Å². The number of hydrogen-bond donors (Lipinski definition) is 2. The van der Waals surface area contributed by atoms with Gasteiger partial charge in [0.15, 0.2) is 0 Å². The summed E-state index contributed by atoms with van der Waals surface area (Å²) in [5, 5.41) is 8.15. The highest BCUT2D eigenvalue weighted by Gasteiger charge is 2.14. The van der Waals surface area contributed by atoms with Crippen LogP contribution in [-0.2, 0) is 0 Å². The van der Waals surface area contributed by atoms with Crippen molar-refractivity contribution in [2.75, 3.05) is 18.4 Å². The van der Waals surface area contributed by atoms with Crippen molar-refractivity contribution in [2.45, 2.75) is 12.5 Å². The van der Waals surface area contributed by atoms with E-state index < -0.39 is 0 Å². The zero-order valence-corrected chi connectivity index (χ0v) is 10.3. The first-order valence-corrected chi connectivity index (χ1v) is 5.74. The monoisotopic (exact) mass is 249 g/mol. The Balaban J connectivity index is 0.00000108. The van der Waals surface area contributed by atoms with Crippen LogP contribution in [0.3, 0.4) is 0 Å². The molecule has 3 nitrogen and oxygen atoms in total. The number of nitrogens with zero attached hydrogens (tertiary/aromatic N) is 1. The molecule has 3 rings (SSSR count). The normalized spacial score (nSPS) is 18.9. The van der Waals surface area contributed by atoms with Crippen molar-refractivity contribution >= 4 is 29.0 Å². The van der Waals surface area contributed by atoms with Crippen LogP contribution in [0, 0.1) is 0 Å². The molecule has 1 atom stereocenters. The molecule has 1 saturated heterocycles. The number of anilines is 1. The van der Waals surface area contributed by atoms with Crippen LogP contribution in [0.1, 0.15) is 6.42 Å². The van der Waals surface area contributed by atoms with E-state index in [4.69, 9.17) is 0 Å². The quantitative estimate of drug-likeness (QED) is 0.859. The molecular weight excluding hydrogens is 234 g/mol. The van der Waals surface area contributed by atoms with Gasteiger partial charge in [0.1, 0.15) is 0 Å². The van der Waals surface area contributed by atoms with E-state index in [1.807, 2.05) is 18.3 Å². The lowest BCUT2D eigenvalue weighted by Crippen LogP contribution is -2.22. The van der Waals surface area contributed by atoms with Crippen molar-refractivity contribution in [3.8, 4) is 0 Å². The molecule has 1 aromatic carbocycles. The maximum Gasteiger partial charge on any atom is 0.0722 e. The van der Waals surface area contributed by atoms with Crippen molar-refractivity contribution in [1.82, 2.24) is 10.3 Å². The summed E-state index contributed by atoms with van der Waals surface area (Å²) >= 11 is 0. The molecule has 4 heteroatoms. The van der Waals surface area contributed by atoms with Gasteiger partial charge in [-0.05, 0) is 37.2 Å². The van der Waals surface area contributed by atoms with Crippen LogP contribution in [0.15, 0.2) is 36.5 Å². The molecular formula is C13H16ClN3. The number of fused-ring (bicyclic) bond motifs is 1. The number of halogens is 1. The van der Waals surface area contributed by atoms with E-state index in [1.54, 1.807) is 0 Å². The molecule has 0 unspecified atom stereocenters. The van der Waals surface area contributed by atoms with Crippen LogP contribution in [0.25, 0.3) is 10.9 Å². The number of rotatable bonds is 2. The van der Waals surface area contributed by atoms with Crippen molar-refractivity contribution < 1.29 is 0 Å². The number of nitrogens with one attached hydrogen (secondary N) is 2. The third kappa shape index (κ3) is 2.51. The fourth-order valence-corrected chi connectivity index (χ4v) is 2.23. The van der Waals surface area contributed by atoms with E-state index in [0.717, 1.165) is 18.6 Å². The molecule has 0 bridgehead atoms. The van der Waals surface area contributed by atoms with Crippen LogP contribution in [0.5, 0.6) is 0 Å². The summed E-state index contributed by atoms with van der Waals surface area (Å²) in [7, 11) is 0. The van der Waals surface area contributed by atoms with Gasteiger partial charge in [0.25, 0.3) is 0 Å². The summed E-state index contributed by atoms with van der Waals surface area (Å²) in [6.07, 6.45) is 3.03. The first kappa shape index (κ1) is 12.1. The van der Waals surface area contributed by atoms with Crippen LogP contribution in [0.2, 0.25) is 0 Å². The molecule has 90 valence electrons. The molecule has 1 fully saturated rings. The zero-order valence-electron chi connectivity index (χ0n) is 9.52. The summed E-state index contributed by atoms with van der Waals surface area (Å²) in [4.78, 5) is 4.36. The molecule has 2 N–H and O–H groups in total. The molecule has 2 heterocycles. The minimum atomic E-state index is 0. The van der Waals surface area contributed by atoms with Gasteiger partial charge in [-0.25, -0.2) is 0 Å². The SMILES string of the molecule is Cl.c1cc(N[C@H]2CCNC2)c2cccnc2c1. The van der Waals surface area contributed by atoms with Gasteiger partial charge in [-0.15, -0.1) is 12.4 Å². The maximum absolute atomic E-state index is 4.36. The number of pyridine rings is 1. The standard InChI is InChI=1S/C13H15N3.ClH/c1-4-12-11(3-2-7-15-12)13(5-1)16-10-6-8-14-9-10;/h1-5,7,10,14,16H,6,8-9H2;1H/t10-;/m0./s1. The smallest absolute Gasteiger partial charge is 0.0722 e. The van der Waals surface area contributed by atoms with Gasteiger partial charge in [0.2, 0.25) is 0 Å². The molecule has 0 radical (unpaired) electrons. The Kier molecular flexibility index (Phi) is 3.82. The lowest BCUT2D eigenvalue weighted by atomic mass is 10.1. The molecule has 0 saturated carbocycles. The summed E-state index contributed by atoms with van der Waals surface area (Å²) in [6.45, 7) is 2.16. The zero-order chi connectivity index (χ0) is 10.8. The highest BCUT2D eigenvalue weighted by Crippen LogP contribution is 2.22. The van der Waals surface area contributed by atoms with Gasteiger partial charge in [-0.2, -0.15) is 0 Å². The van der Waals surface area contributed by atoms with E-state index >= 15 is 0 Å². The Morgan fingerprint density at radius 2 is 2.18 bits per heavy atom. The Morgan fingerprint density at radius 1 is 1.24 bits per heavy atom. The fraction of sp³-hybridized carbons (Fsp3) is 0.308. The number of aromatic nitrogens is 1. The summed E-state index contributed by atoms with van der Waals surface area (Å²) in [6, 6.07) is 10.9. The molecule has 2 aromatic rings. The molecule has 17 heavy (non-hydrogen) atoms. The van der Waals surface area contributed by atoms with Crippen molar-refractivity contribution in [3.05, 3.63) is 36.5 Å². The van der Waals surface area contributed by atoms with Crippen molar-refractivity contribution in [3.63, 3.8) is 0 Å². The van der Waals surface area contributed by atoms with Crippen molar-refractivity contribution in [1.29, 1.82) is 0 Å². The molecule has 1 aromatic heterocycles. The van der Waals surface area contributed by atoms with Gasteiger partial charge in [-0.1, -0.05) is 6.07 Å². The summed E-state index contributed by atoms with van der Waals surface area (Å²) < 4.78 is 0. The average Bonchev–Trinajstić information content (AvgIpc) is 2.82. The molecule has 0 aliphatic carbocycles. The Hall–Kier alpha value is -1.32. The van der Waals surface area contributed by atoms with Crippen molar-refractivity contribution in [2.24, 2.45) is 0 Å². The Bertz CT molecular complexity index is 489. The molecule has 1 aliphatic rings. The van der Waals surface area contributed by atoms with E-state index in [9.17, 15) is 0 Å². The predicted octanol–water partition coefficient (Wildman–Crippen LogP) is 2.43. The number of benzene rings is 1. The Labute approximate surface area is 107 Å². The van der Waals surface area contributed by atoms with Gasteiger partial charge in [0.05, 0.1) is 5.52 Å². The second-order valence-corrected chi connectivity index (χ2v) is 4.21. The minimum absolute atomic E-state index is 0. The van der Waals surface area contributed by atoms with Gasteiger partial charge < -0.3 is 10.6 Å². The third-order valence-corrected chi connectivity index (χ3v) is 3.07. The van der Waals surface area contributed by atoms with Gasteiger partial charge >= 0.3 is 0 Å². The summed E-state index contributed by atoms with van der Waals surface area (Å²) in [5.41, 5.74) is 2.25. The lowest BCUT2D eigenvalue weighted by molar-refractivity contribution is 0.794. The highest BCUT2D eigenvalue weighted by atomic mass is 35.5. The Morgan fingerprint density at radius 3 is 3.00 bits per heavy atom. The average molecular weight is 250 g/mol. The van der Waals surface area contributed by atoms with Crippen LogP contribution < -0.4 is 10.6 Å². The van der Waals surface area contributed by atoms with Gasteiger partial charge in [-0.3, -0.25) is 4.98 Å². The first-order chi connectivity index (χ1) is 7.93. The second kappa shape index (κ2) is 5.34. The molecule has 0 spiro atoms. The highest BCUT2D eigenvalue weighted by molar-refractivity contribution is 5.91. The van der Waals surface area contributed by atoms with Crippen LogP contribution in [0.4, 0.5) is 5.69 Å². The van der Waals surface area contributed by atoms with E-state index in [-0.39, 0.29) is 12.4 Å². The minimum Gasteiger partial charge on any atom is -0.380 e. The molecule has 1 aliphatic heterocycles. The lowest BCUT2D eigenvalue weighted by Gasteiger charge is -2.14. The van der Waals surface area contributed by atoms with E-state index in [1.165, 1.54) is 17.5 Å². The number of hydrogen-bond acceptors (Lipinski definition) is 3. The molecule has 0 amide bonds. The predicted molar refractivity (Wildman–Crippen MR) is 73.9 cm³/mol. The first-order valence-electron chi connectivity index (χ1n) is 5.74. The topological polar surface area (TPSA) is 37.0 Å².